The highest BCUT2D eigenvalue weighted by atomic mass is 16.4. The molecule has 2 atom stereocenters. The minimum absolute atomic E-state index is 0.0577. The van der Waals surface area contributed by atoms with E-state index in [4.69, 9.17) is 0 Å². The quantitative estimate of drug-likeness (QED) is 0.675. The molecule has 2 aromatic rings. The van der Waals surface area contributed by atoms with Gasteiger partial charge in [-0.15, -0.1) is 0 Å². The molecule has 168 valence electrons. The Labute approximate surface area is 183 Å². The number of rotatable bonds is 8. The van der Waals surface area contributed by atoms with Crippen LogP contribution in [0.3, 0.4) is 0 Å². The molecule has 0 aliphatic carbocycles. The molecule has 1 aliphatic heterocycles. The molecule has 0 bridgehead atoms. The van der Waals surface area contributed by atoms with Gasteiger partial charge in [0.05, 0.1) is 11.8 Å². The van der Waals surface area contributed by atoms with Gasteiger partial charge in [0.15, 0.2) is 0 Å². The molecule has 1 aromatic heterocycles. The van der Waals surface area contributed by atoms with Crippen molar-refractivity contribution in [3.63, 3.8) is 0 Å². The van der Waals surface area contributed by atoms with Gasteiger partial charge in [0.2, 0.25) is 5.91 Å². The Morgan fingerprint density at radius 2 is 1.90 bits per heavy atom. The van der Waals surface area contributed by atoms with Crippen molar-refractivity contribution in [2.45, 2.75) is 58.5 Å². The molecule has 0 saturated carbocycles. The Kier molecular flexibility index (Phi) is 7.15. The van der Waals surface area contributed by atoms with Gasteiger partial charge in [0.1, 0.15) is 5.41 Å². The first-order chi connectivity index (χ1) is 14.7. The van der Waals surface area contributed by atoms with Crippen LogP contribution in [-0.4, -0.2) is 56.0 Å². The number of carboxylic acids is 1. The van der Waals surface area contributed by atoms with Gasteiger partial charge >= 0.3 is 5.97 Å². The van der Waals surface area contributed by atoms with E-state index in [2.05, 4.69) is 5.10 Å². The van der Waals surface area contributed by atoms with E-state index in [0.717, 1.165) is 28.9 Å². The lowest BCUT2D eigenvalue weighted by atomic mass is 9.73. The third-order valence-electron chi connectivity index (χ3n) is 6.74. The molecule has 1 saturated heterocycles. The molecular formula is C24H33N3O4. The number of carbonyl (C=O) groups is 2. The number of carboxylic acid groups (broad SMARTS) is 1. The summed E-state index contributed by atoms with van der Waals surface area (Å²) in [4.78, 5) is 26.8. The van der Waals surface area contributed by atoms with E-state index in [1.807, 2.05) is 55.9 Å². The van der Waals surface area contributed by atoms with Crippen LogP contribution in [-0.2, 0) is 29.5 Å². The predicted octanol–water partition coefficient (Wildman–Crippen LogP) is 2.66. The zero-order valence-corrected chi connectivity index (χ0v) is 18.7. The molecule has 2 N–H and O–H groups in total. The highest BCUT2D eigenvalue weighted by Crippen LogP contribution is 2.36. The summed E-state index contributed by atoms with van der Waals surface area (Å²) in [5.74, 6) is -1.09. The lowest BCUT2D eigenvalue weighted by Crippen LogP contribution is -2.57. The van der Waals surface area contributed by atoms with Crippen molar-refractivity contribution >= 4 is 11.9 Å². The van der Waals surface area contributed by atoms with Gasteiger partial charge in [-0.05, 0) is 57.1 Å². The zero-order chi connectivity index (χ0) is 22.6. The molecule has 1 aliphatic rings. The first-order valence-corrected chi connectivity index (χ1v) is 11.0. The number of carbonyl (C=O) groups excluding carboxylic acids is 1. The largest absolute Gasteiger partial charge is 0.481 e. The topological polar surface area (TPSA) is 95.7 Å². The van der Waals surface area contributed by atoms with Crippen LogP contribution < -0.4 is 0 Å². The molecule has 31 heavy (non-hydrogen) atoms. The number of aryl methyl sites for hydroxylation is 3. The Hall–Kier alpha value is -2.67. The van der Waals surface area contributed by atoms with Gasteiger partial charge in [-0.25, -0.2) is 0 Å². The van der Waals surface area contributed by atoms with Crippen LogP contribution in [0.1, 0.15) is 48.2 Å². The summed E-state index contributed by atoms with van der Waals surface area (Å²) in [5, 5.41) is 25.1. The van der Waals surface area contributed by atoms with E-state index in [1.54, 1.807) is 4.90 Å². The van der Waals surface area contributed by atoms with Crippen LogP contribution >= 0.6 is 0 Å². The Balaban J connectivity index is 1.65. The average Bonchev–Trinajstić information content (AvgIpc) is 2.99. The number of benzene rings is 1. The fourth-order valence-electron chi connectivity index (χ4n) is 4.68. The molecule has 1 amide bonds. The van der Waals surface area contributed by atoms with E-state index in [0.29, 0.717) is 32.2 Å². The van der Waals surface area contributed by atoms with Crippen LogP contribution in [0.4, 0.5) is 0 Å². The second-order valence-electron chi connectivity index (χ2n) is 8.69. The number of aliphatic hydroxyl groups is 1. The van der Waals surface area contributed by atoms with Crippen LogP contribution in [0.2, 0.25) is 0 Å². The van der Waals surface area contributed by atoms with Gasteiger partial charge in [-0.1, -0.05) is 30.3 Å². The minimum atomic E-state index is -1.32. The van der Waals surface area contributed by atoms with Gasteiger partial charge in [-0.2, -0.15) is 5.10 Å². The summed E-state index contributed by atoms with van der Waals surface area (Å²) in [7, 11) is 1.89. The third kappa shape index (κ3) is 4.98. The molecule has 1 fully saturated rings. The molecule has 0 spiro atoms. The lowest BCUT2D eigenvalue weighted by Gasteiger charge is -2.43. The minimum Gasteiger partial charge on any atom is -0.481 e. The number of nitrogens with zero attached hydrogens (tertiary/aromatic N) is 3. The van der Waals surface area contributed by atoms with E-state index < -0.39 is 17.5 Å². The van der Waals surface area contributed by atoms with Gasteiger partial charge in [-0.3, -0.25) is 14.3 Å². The van der Waals surface area contributed by atoms with Crippen molar-refractivity contribution < 1.29 is 19.8 Å². The summed E-state index contributed by atoms with van der Waals surface area (Å²) >= 11 is 0. The number of hydrogen-bond acceptors (Lipinski definition) is 4. The maximum absolute atomic E-state index is 12.9. The summed E-state index contributed by atoms with van der Waals surface area (Å²) in [6.45, 7) is 4.37. The number of piperidine rings is 1. The summed E-state index contributed by atoms with van der Waals surface area (Å²) in [6.07, 6.45) is 1.95. The second-order valence-corrected chi connectivity index (χ2v) is 8.69. The number of hydrogen-bond donors (Lipinski definition) is 2. The first kappa shape index (κ1) is 23.0. The van der Waals surface area contributed by atoms with Crippen molar-refractivity contribution in [3.05, 3.63) is 52.8 Å². The monoisotopic (exact) mass is 427 g/mol. The fourth-order valence-corrected chi connectivity index (χ4v) is 4.68. The summed E-state index contributed by atoms with van der Waals surface area (Å²) in [6, 6.07) is 9.91. The molecule has 0 unspecified atom stereocenters. The maximum atomic E-state index is 12.9. The third-order valence-corrected chi connectivity index (χ3v) is 6.74. The lowest BCUT2D eigenvalue weighted by molar-refractivity contribution is -0.167. The number of aromatic nitrogens is 2. The molecule has 2 heterocycles. The van der Waals surface area contributed by atoms with Crippen molar-refractivity contribution in [2.75, 3.05) is 13.1 Å². The van der Waals surface area contributed by atoms with Gasteiger partial charge in [0.25, 0.3) is 0 Å². The van der Waals surface area contributed by atoms with Crippen molar-refractivity contribution in [1.82, 2.24) is 14.7 Å². The molecule has 0 radical (unpaired) electrons. The predicted molar refractivity (Wildman–Crippen MR) is 118 cm³/mol. The smallest absolute Gasteiger partial charge is 0.314 e. The molecule has 7 nitrogen and oxygen atoms in total. The second kappa shape index (κ2) is 9.64. The number of aliphatic carboxylic acids is 1. The zero-order valence-electron chi connectivity index (χ0n) is 18.7. The number of amides is 1. The Morgan fingerprint density at radius 1 is 1.19 bits per heavy atom. The standard InChI is InChI=1S/C24H33N3O4/c1-17-20(18(2)26(3)25-17)11-12-22(29)27-15-13-21(28)24(16-27,23(30)31)14-7-10-19-8-5-4-6-9-19/h4-6,8-9,21,28H,7,10-16H2,1-3H3,(H,30,31)/t21-,24+/m0/s1. The van der Waals surface area contributed by atoms with Gasteiger partial charge in [0, 0.05) is 32.3 Å². The Morgan fingerprint density at radius 3 is 2.52 bits per heavy atom. The van der Waals surface area contributed by atoms with Crippen LogP contribution in [0.15, 0.2) is 30.3 Å². The SMILES string of the molecule is Cc1nn(C)c(C)c1CCC(=O)N1CC[C@H](O)[C@](CCCc2ccccc2)(C(=O)O)C1. The highest BCUT2D eigenvalue weighted by molar-refractivity contribution is 5.80. The van der Waals surface area contributed by atoms with Gasteiger partial charge < -0.3 is 15.1 Å². The summed E-state index contributed by atoms with van der Waals surface area (Å²) < 4.78 is 1.81. The molecule has 7 heteroatoms. The average molecular weight is 428 g/mol. The van der Waals surface area contributed by atoms with Crippen LogP contribution in [0, 0.1) is 19.3 Å². The van der Waals surface area contributed by atoms with Crippen molar-refractivity contribution in [1.29, 1.82) is 0 Å². The fraction of sp³-hybridized carbons (Fsp3) is 0.542. The first-order valence-electron chi connectivity index (χ1n) is 11.0. The van der Waals surface area contributed by atoms with E-state index in [9.17, 15) is 19.8 Å². The highest BCUT2D eigenvalue weighted by Gasteiger charge is 2.49. The number of aliphatic hydroxyl groups excluding tert-OH is 1. The Bertz CT molecular complexity index is 924. The number of likely N-dealkylation sites (tertiary alicyclic amines) is 1. The molecule has 3 rings (SSSR count). The van der Waals surface area contributed by atoms with E-state index in [-0.39, 0.29) is 18.9 Å². The normalized spacial score (nSPS) is 21.3. The van der Waals surface area contributed by atoms with Crippen molar-refractivity contribution in [2.24, 2.45) is 12.5 Å². The molecular weight excluding hydrogens is 394 g/mol. The van der Waals surface area contributed by atoms with E-state index in [1.165, 1.54) is 0 Å². The van der Waals surface area contributed by atoms with Crippen LogP contribution in [0.25, 0.3) is 0 Å². The molecule has 1 aromatic carbocycles. The van der Waals surface area contributed by atoms with Crippen LogP contribution in [0.5, 0.6) is 0 Å². The van der Waals surface area contributed by atoms with E-state index >= 15 is 0 Å². The van der Waals surface area contributed by atoms with Crippen molar-refractivity contribution in [3.8, 4) is 0 Å². The summed E-state index contributed by atoms with van der Waals surface area (Å²) in [5.41, 5.74) is 2.86. The maximum Gasteiger partial charge on any atom is 0.314 e.